The van der Waals surface area contributed by atoms with Gasteiger partial charge in [0.05, 0.1) is 22.1 Å². The van der Waals surface area contributed by atoms with Crippen LogP contribution in [0.25, 0.3) is 11.0 Å². The number of H-pyrrole nitrogens is 1. The quantitative estimate of drug-likeness (QED) is 0.159. The van der Waals surface area contributed by atoms with E-state index in [2.05, 4.69) is 90.7 Å². The molecule has 2 N–H and O–H groups in total. The number of aryl methyl sites for hydroxylation is 1. The third-order valence-corrected chi connectivity index (χ3v) is 11.6. The lowest BCUT2D eigenvalue weighted by Crippen LogP contribution is -2.52. The number of hydrogen-bond acceptors (Lipinski definition) is 7. The fourth-order valence-corrected chi connectivity index (χ4v) is 8.33. The fourth-order valence-electron chi connectivity index (χ4n) is 7.00. The Hall–Kier alpha value is -4.42. The van der Waals surface area contributed by atoms with Gasteiger partial charge in [0.15, 0.2) is 0 Å². The molecule has 3 aromatic carbocycles. The number of imidazole rings is 1. The lowest BCUT2D eigenvalue weighted by atomic mass is 9.96. The summed E-state index contributed by atoms with van der Waals surface area (Å²) in [6.07, 6.45) is 2.68. The Morgan fingerprint density at radius 1 is 0.902 bits per heavy atom. The summed E-state index contributed by atoms with van der Waals surface area (Å²) in [5, 5.41) is 3.06. The maximum Gasteiger partial charge on any atom is 0.243 e. The molecular weight excluding hydrogens is 659 g/mol. The maximum absolute atomic E-state index is 13.8. The minimum atomic E-state index is -3.93. The number of piperazine rings is 1. The van der Waals surface area contributed by atoms with Gasteiger partial charge in [-0.25, -0.2) is 13.4 Å². The molecule has 0 aliphatic carbocycles. The van der Waals surface area contributed by atoms with Crippen molar-refractivity contribution in [3.8, 4) is 0 Å². The molecule has 268 valence electrons. The van der Waals surface area contributed by atoms with Crippen LogP contribution in [0.3, 0.4) is 0 Å². The molecule has 51 heavy (non-hydrogen) atoms. The van der Waals surface area contributed by atoms with Crippen LogP contribution in [0.4, 0.5) is 0 Å². The first kappa shape index (κ1) is 36.4. The molecule has 0 bridgehead atoms. The summed E-state index contributed by atoms with van der Waals surface area (Å²) in [5.41, 5.74) is 6.05. The molecule has 0 unspecified atom stereocenters. The number of nitrogens with zero attached hydrogens (tertiary/aromatic N) is 5. The summed E-state index contributed by atoms with van der Waals surface area (Å²) in [7, 11) is -2.42. The zero-order valence-corrected chi connectivity index (χ0v) is 30.8. The molecule has 0 radical (unpaired) electrons. The number of aromatic amines is 1. The highest BCUT2D eigenvalue weighted by atomic mass is 32.2. The molecule has 10 nitrogen and oxygen atoms in total. The van der Waals surface area contributed by atoms with Gasteiger partial charge in [-0.2, -0.15) is 4.31 Å². The lowest BCUT2D eigenvalue weighted by Gasteiger charge is -2.40. The Labute approximate surface area is 302 Å². The Kier molecular flexibility index (Phi) is 11.6. The van der Waals surface area contributed by atoms with Crippen molar-refractivity contribution in [2.45, 2.75) is 50.6 Å². The van der Waals surface area contributed by atoms with Crippen molar-refractivity contribution in [2.75, 3.05) is 46.3 Å². The molecule has 6 rings (SSSR count). The molecule has 1 aliphatic heterocycles. The number of likely N-dealkylation sites (N-methyl/N-ethyl adjacent to an activating group) is 1. The molecule has 11 heteroatoms. The van der Waals surface area contributed by atoms with E-state index in [1.54, 1.807) is 30.5 Å². The minimum Gasteiger partial charge on any atom is -0.353 e. The van der Waals surface area contributed by atoms with Crippen LogP contribution in [0.2, 0.25) is 0 Å². The van der Waals surface area contributed by atoms with E-state index >= 15 is 0 Å². The first-order valence-electron chi connectivity index (χ1n) is 17.8. The highest BCUT2D eigenvalue weighted by Gasteiger charge is 2.33. The summed E-state index contributed by atoms with van der Waals surface area (Å²) >= 11 is 0. The molecule has 1 atom stereocenters. The Balaban J connectivity index is 1.05. The van der Waals surface area contributed by atoms with Gasteiger partial charge in [-0.15, -0.1) is 0 Å². The molecular formula is C40H49N7O3S. The fraction of sp³-hybridized carbons (Fsp3) is 0.375. The van der Waals surface area contributed by atoms with E-state index in [0.717, 1.165) is 54.3 Å². The number of carbonyl (C=O) groups excluding carboxylic acids is 1. The molecule has 1 aliphatic rings. The van der Waals surface area contributed by atoms with Gasteiger partial charge < -0.3 is 10.3 Å². The third-order valence-electron chi connectivity index (χ3n) is 9.73. The van der Waals surface area contributed by atoms with E-state index < -0.39 is 16.1 Å². The zero-order valence-electron chi connectivity index (χ0n) is 30.0. The van der Waals surface area contributed by atoms with Crippen molar-refractivity contribution in [1.82, 2.24) is 34.4 Å². The number of sulfonamides is 1. The second kappa shape index (κ2) is 16.3. The predicted octanol–water partition coefficient (Wildman–Crippen LogP) is 5.42. The number of aromatic nitrogens is 3. The standard InChI is InChI=1S/C40H49N7O3S/c1-29(2)27-37(45(4)51(49,50)34-17-15-31(16-18-34)28-36-38-35(19-20-41-36)43-30(3)44-38)40(48)42-21-22-46-23-25-47(26-24-46)39(32-11-7-5-8-12-32)33-13-9-6-10-14-33/h5-20,29,37,39H,21-28H2,1-4H3,(H,42,48)(H,43,44)/t37-/m0/s1. The molecule has 0 spiro atoms. The van der Waals surface area contributed by atoms with Gasteiger partial charge in [-0.05, 0) is 54.2 Å². The van der Waals surface area contributed by atoms with E-state index in [0.29, 0.717) is 25.9 Å². The van der Waals surface area contributed by atoms with Crippen molar-refractivity contribution in [1.29, 1.82) is 0 Å². The molecule has 3 heterocycles. The largest absolute Gasteiger partial charge is 0.353 e. The number of carbonyl (C=O) groups is 1. The molecule has 1 fully saturated rings. The lowest BCUT2D eigenvalue weighted by molar-refractivity contribution is -0.125. The third kappa shape index (κ3) is 8.73. The maximum atomic E-state index is 13.8. The molecule has 1 amide bonds. The van der Waals surface area contributed by atoms with Gasteiger partial charge in [0.1, 0.15) is 17.4 Å². The summed E-state index contributed by atoms with van der Waals surface area (Å²) in [6.45, 7) is 10.7. The molecule has 0 saturated carbocycles. The van der Waals surface area contributed by atoms with Crippen LogP contribution < -0.4 is 5.32 Å². The number of rotatable bonds is 14. The second-order valence-corrected chi connectivity index (χ2v) is 15.9. The number of amides is 1. The normalized spacial score (nSPS) is 15.2. The minimum absolute atomic E-state index is 0.122. The van der Waals surface area contributed by atoms with Crippen LogP contribution in [0.1, 0.15) is 54.5 Å². The summed E-state index contributed by atoms with van der Waals surface area (Å²) in [4.78, 5) is 31.0. The van der Waals surface area contributed by atoms with Crippen molar-refractivity contribution >= 4 is 27.0 Å². The number of pyridine rings is 1. The number of nitrogens with one attached hydrogen (secondary N) is 2. The number of hydrogen-bond donors (Lipinski definition) is 2. The highest BCUT2D eigenvalue weighted by Crippen LogP contribution is 2.29. The van der Waals surface area contributed by atoms with Crippen LogP contribution in [0, 0.1) is 12.8 Å². The Morgan fingerprint density at radius 3 is 2.14 bits per heavy atom. The van der Waals surface area contributed by atoms with Gasteiger partial charge in [-0.3, -0.25) is 19.6 Å². The topological polar surface area (TPSA) is 115 Å². The van der Waals surface area contributed by atoms with Crippen molar-refractivity contribution in [2.24, 2.45) is 5.92 Å². The first-order valence-corrected chi connectivity index (χ1v) is 19.3. The number of benzene rings is 3. The van der Waals surface area contributed by atoms with Crippen molar-refractivity contribution < 1.29 is 13.2 Å². The first-order chi connectivity index (χ1) is 24.6. The molecule has 2 aromatic heterocycles. The van der Waals surface area contributed by atoms with Gasteiger partial charge in [0.2, 0.25) is 15.9 Å². The average molecular weight is 708 g/mol. The van der Waals surface area contributed by atoms with Gasteiger partial charge >= 0.3 is 0 Å². The van der Waals surface area contributed by atoms with E-state index in [4.69, 9.17) is 0 Å². The Morgan fingerprint density at radius 2 is 1.53 bits per heavy atom. The Bertz CT molecular complexity index is 1950. The predicted molar refractivity (Wildman–Crippen MR) is 202 cm³/mol. The SMILES string of the molecule is Cc1nc2c(Cc3ccc(S(=O)(=O)N(C)[C@@H](CC(C)C)C(=O)NCCN4CCN(C(c5ccccc5)c5ccccc5)CC4)cc3)nccc2[nH]1. The van der Waals surface area contributed by atoms with Crippen LogP contribution in [-0.2, 0) is 21.2 Å². The molecule has 5 aromatic rings. The second-order valence-electron chi connectivity index (χ2n) is 13.9. The van der Waals surface area contributed by atoms with Crippen LogP contribution in [0.5, 0.6) is 0 Å². The van der Waals surface area contributed by atoms with Crippen LogP contribution in [0.15, 0.2) is 102 Å². The van der Waals surface area contributed by atoms with Crippen molar-refractivity contribution in [3.63, 3.8) is 0 Å². The number of fused-ring (bicyclic) bond motifs is 1. The van der Waals surface area contributed by atoms with E-state index in [1.807, 2.05) is 26.8 Å². The van der Waals surface area contributed by atoms with E-state index in [1.165, 1.54) is 22.5 Å². The van der Waals surface area contributed by atoms with Crippen LogP contribution >= 0.6 is 0 Å². The average Bonchev–Trinajstić information content (AvgIpc) is 3.53. The highest BCUT2D eigenvalue weighted by molar-refractivity contribution is 7.89. The monoisotopic (exact) mass is 707 g/mol. The smallest absolute Gasteiger partial charge is 0.243 e. The summed E-state index contributed by atoms with van der Waals surface area (Å²) in [6, 6.07) is 29.4. The van der Waals surface area contributed by atoms with Gasteiger partial charge in [-0.1, -0.05) is 86.6 Å². The van der Waals surface area contributed by atoms with Gasteiger partial charge in [0, 0.05) is 58.9 Å². The summed E-state index contributed by atoms with van der Waals surface area (Å²) in [5.74, 6) is 0.668. The van der Waals surface area contributed by atoms with Gasteiger partial charge in [0.25, 0.3) is 0 Å². The zero-order chi connectivity index (χ0) is 36.0. The van der Waals surface area contributed by atoms with E-state index in [-0.39, 0.29) is 22.8 Å². The van der Waals surface area contributed by atoms with E-state index in [9.17, 15) is 13.2 Å². The van der Waals surface area contributed by atoms with Crippen LogP contribution in [-0.4, -0.2) is 95.7 Å². The molecule has 1 saturated heterocycles. The summed E-state index contributed by atoms with van der Waals surface area (Å²) < 4.78 is 28.9. The van der Waals surface area contributed by atoms with Crippen molar-refractivity contribution in [3.05, 3.63) is 125 Å².